The van der Waals surface area contributed by atoms with E-state index in [9.17, 15) is 9.59 Å². The van der Waals surface area contributed by atoms with Gasteiger partial charge in [0.15, 0.2) is 6.04 Å². The minimum absolute atomic E-state index is 0.338. The van der Waals surface area contributed by atoms with Crippen molar-refractivity contribution in [3.8, 4) is 5.75 Å². The zero-order valence-electron chi connectivity index (χ0n) is 11.1. The van der Waals surface area contributed by atoms with Crippen molar-refractivity contribution in [3.63, 3.8) is 0 Å². The first-order chi connectivity index (χ1) is 9.03. The number of methoxy groups -OCH3 is 2. The van der Waals surface area contributed by atoms with Crippen molar-refractivity contribution >= 4 is 11.9 Å². The number of aryl methyl sites for hydroxylation is 1. The summed E-state index contributed by atoms with van der Waals surface area (Å²) in [4.78, 5) is 23.2. The Morgan fingerprint density at radius 1 is 1.37 bits per heavy atom. The molecule has 1 rings (SSSR count). The smallest absolute Gasteiger partial charge is 0.330 e. The SMILES string of the molecule is COC(=O)C(CO)NC(=O)c1ccc(C)c(OC)c1. The fourth-order valence-electron chi connectivity index (χ4n) is 1.52. The Hall–Kier alpha value is -2.08. The van der Waals surface area contributed by atoms with Crippen LogP contribution in [0, 0.1) is 6.92 Å². The normalized spacial score (nSPS) is 11.6. The first kappa shape index (κ1) is 15.0. The maximum Gasteiger partial charge on any atom is 0.330 e. The number of amides is 1. The van der Waals surface area contributed by atoms with Gasteiger partial charge in [0, 0.05) is 5.56 Å². The monoisotopic (exact) mass is 267 g/mol. The molecule has 1 aromatic carbocycles. The van der Waals surface area contributed by atoms with Crippen LogP contribution in [0.5, 0.6) is 5.75 Å². The van der Waals surface area contributed by atoms with Gasteiger partial charge < -0.3 is 19.9 Å². The Morgan fingerprint density at radius 3 is 2.58 bits per heavy atom. The van der Waals surface area contributed by atoms with Crippen molar-refractivity contribution in [2.75, 3.05) is 20.8 Å². The predicted molar refractivity (Wildman–Crippen MR) is 68.1 cm³/mol. The molecule has 6 heteroatoms. The van der Waals surface area contributed by atoms with Gasteiger partial charge in [-0.3, -0.25) is 4.79 Å². The number of benzene rings is 1. The van der Waals surface area contributed by atoms with Crippen molar-refractivity contribution in [2.24, 2.45) is 0 Å². The third-order valence-corrected chi connectivity index (χ3v) is 2.64. The topological polar surface area (TPSA) is 84.9 Å². The van der Waals surface area contributed by atoms with Crippen LogP contribution in [-0.2, 0) is 9.53 Å². The van der Waals surface area contributed by atoms with Gasteiger partial charge >= 0.3 is 5.97 Å². The van der Waals surface area contributed by atoms with Crippen LogP contribution in [-0.4, -0.2) is 43.9 Å². The molecule has 0 aliphatic carbocycles. The van der Waals surface area contributed by atoms with Crippen LogP contribution < -0.4 is 10.1 Å². The van der Waals surface area contributed by atoms with Gasteiger partial charge in [0.05, 0.1) is 20.8 Å². The molecule has 19 heavy (non-hydrogen) atoms. The molecule has 0 bridgehead atoms. The highest BCUT2D eigenvalue weighted by atomic mass is 16.5. The molecule has 0 fully saturated rings. The number of nitrogens with one attached hydrogen (secondary N) is 1. The summed E-state index contributed by atoms with van der Waals surface area (Å²) in [6.45, 7) is 1.33. The van der Waals surface area contributed by atoms with Crippen LogP contribution in [0.3, 0.4) is 0 Å². The Labute approximate surface area is 111 Å². The second kappa shape index (κ2) is 6.75. The van der Waals surface area contributed by atoms with E-state index in [2.05, 4.69) is 10.1 Å². The predicted octanol–water partition coefficient (Wildman–Crippen LogP) is 0.267. The minimum Gasteiger partial charge on any atom is -0.496 e. The zero-order valence-corrected chi connectivity index (χ0v) is 11.1. The third-order valence-electron chi connectivity index (χ3n) is 2.64. The number of carbonyl (C=O) groups is 2. The molecule has 6 nitrogen and oxygen atoms in total. The van der Waals surface area contributed by atoms with E-state index in [0.29, 0.717) is 11.3 Å². The van der Waals surface area contributed by atoms with Gasteiger partial charge in [-0.05, 0) is 24.6 Å². The van der Waals surface area contributed by atoms with Gasteiger partial charge in [-0.2, -0.15) is 0 Å². The number of hydrogen-bond acceptors (Lipinski definition) is 5. The standard InChI is InChI=1S/C13H17NO5/c1-8-4-5-9(6-11(8)18-2)12(16)14-10(7-15)13(17)19-3/h4-6,10,15H,7H2,1-3H3,(H,14,16). The molecule has 2 N–H and O–H groups in total. The number of hydrogen-bond donors (Lipinski definition) is 2. The van der Waals surface area contributed by atoms with Crippen molar-refractivity contribution < 1.29 is 24.2 Å². The van der Waals surface area contributed by atoms with Crippen LogP contribution in [0.25, 0.3) is 0 Å². The number of rotatable bonds is 5. The lowest BCUT2D eigenvalue weighted by molar-refractivity contribution is -0.143. The largest absolute Gasteiger partial charge is 0.496 e. The first-order valence-electron chi connectivity index (χ1n) is 5.67. The van der Waals surface area contributed by atoms with Crippen molar-refractivity contribution in [1.29, 1.82) is 0 Å². The molecular weight excluding hydrogens is 250 g/mol. The Bertz CT molecular complexity index is 472. The number of ether oxygens (including phenoxy) is 2. The van der Waals surface area contributed by atoms with Crippen LogP contribution >= 0.6 is 0 Å². The molecular formula is C13H17NO5. The summed E-state index contributed by atoms with van der Waals surface area (Å²) < 4.78 is 9.58. The van der Waals surface area contributed by atoms with E-state index in [1.807, 2.05) is 6.92 Å². The van der Waals surface area contributed by atoms with E-state index in [1.54, 1.807) is 18.2 Å². The summed E-state index contributed by atoms with van der Waals surface area (Å²) in [6.07, 6.45) is 0. The average molecular weight is 267 g/mol. The lowest BCUT2D eigenvalue weighted by Gasteiger charge is -2.14. The highest BCUT2D eigenvalue weighted by Gasteiger charge is 2.21. The summed E-state index contributed by atoms with van der Waals surface area (Å²) in [5.41, 5.74) is 1.23. The number of carbonyl (C=O) groups excluding carboxylic acids is 2. The number of aliphatic hydroxyl groups is 1. The molecule has 0 aromatic heterocycles. The van der Waals surface area contributed by atoms with Crippen molar-refractivity contribution in [1.82, 2.24) is 5.32 Å². The second-order valence-corrected chi connectivity index (χ2v) is 3.92. The van der Waals surface area contributed by atoms with E-state index in [1.165, 1.54) is 14.2 Å². The van der Waals surface area contributed by atoms with Gasteiger partial charge in [-0.1, -0.05) is 6.07 Å². The maximum atomic E-state index is 11.9. The van der Waals surface area contributed by atoms with E-state index >= 15 is 0 Å². The van der Waals surface area contributed by atoms with Crippen molar-refractivity contribution in [2.45, 2.75) is 13.0 Å². The molecule has 0 aliphatic heterocycles. The molecule has 1 atom stereocenters. The molecule has 1 amide bonds. The van der Waals surface area contributed by atoms with Gasteiger partial charge in [-0.15, -0.1) is 0 Å². The summed E-state index contributed by atoms with van der Waals surface area (Å²) in [5.74, 6) is -0.607. The molecule has 0 heterocycles. The Morgan fingerprint density at radius 2 is 2.05 bits per heavy atom. The van der Waals surface area contributed by atoms with Gasteiger partial charge in [0.2, 0.25) is 0 Å². The molecule has 0 radical (unpaired) electrons. The fraction of sp³-hybridized carbons (Fsp3) is 0.385. The summed E-state index contributed by atoms with van der Waals surface area (Å²) >= 11 is 0. The number of esters is 1. The molecule has 0 saturated heterocycles. The molecule has 1 aromatic rings. The molecule has 0 aliphatic rings. The van der Waals surface area contributed by atoms with Crippen LogP contribution in [0.15, 0.2) is 18.2 Å². The van der Waals surface area contributed by atoms with E-state index in [0.717, 1.165) is 5.56 Å². The van der Waals surface area contributed by atoms with E-state index < -0.39 is 24.5 Å². The summed E-state index contributed by atoms with van der Waals surface area (Å²) in [7, 11) is 2.70. The van der Waals surface area contributed by atoms with E-state index in [4.69, 9.17) is 9.84 Å². The van der Waals surface area contributed by atoms with Gasteiger partial charge in [0.1, 0.15) is 5.75 Å². The highest BCUT2D eigenvalue weighted by molar-refractivity contribution is 5.97. The highest BCUT2D eigenvalue weighted by Crippen LogP contribution is 2.18. The lowest BCUT2D eigenvalue weighted by Crippen LogP contribution is -2.44. The molecule has 1 unspecified atom stereocenters. The fourth-order valence-corrected chi connectivity index (χ4v) is 1.52. The summed E-state index contributed by atoms with van der Waals surface area (Å²) in [5, 5.41) is 11.4. The van der Waals surface area contributed by atoms with Crippen LogP contribution in [0.2, 0.25) is 0 Å². The summed E-state index contributed by atoms with van der Waals surface area (Å²) in [6, 6.07) is 3.83. The zero-order chi connectivity index (χ0) is 14.4. The van der Waals surface area contributed by atoms with Gasteiger partial charge in [0.25, 0.3) is 5.91 Å². The number of aliphatic hydroxyl groups excluding tert-OH is 1. The van der Waals surface area contributed by atoms with Crippen LogP contribution in [0.4, 0.5) is 0 Å². The molecule has 0 spiro atoms. The Balaban J connectivity index is 2.85. The van der Waals surface area contributed by atoms with Crippen LogP contribution in [0.1, 0.15) is 15.9 Å². The molecule has 0 saturated carbocycles. The lowest BCUT2D eigenvalue weighted by atomic mass is 10.1. The third kappa shape index (κ3) is 3.69. The Kier molecular flexibility index (Phi) is 5.32. The second-order valence-electron chi connectivity index (χ2n) is 3.92. The minimum atomic E-state index is -1.08. The maximum absolute atomic E-state index is 11.9. The van der Waals surface area contributed by atoms with Crippen molar-refractivity contribution in [3.05, 3.63) is 29.3 Å². The first-order valence-corrected chi connectivity index (χ1v) is 5.67. The van der Waals surface area contributed by atoms with Gasteiger partial charge in [-0.25, -0.2) is 4.79 Å². The molecule has 104 valence electrons. The average Bonchev–Trinajstić information content (AvgIpc) is 2.44. The van der Waals surface area contributed by atoms with E-state index in [-0.39, 0.29) is 0 Å². The quantitative estimate of drug-likeness (QED) is 0.748.